The minimum absolute atomic E-state index is 0. The Morgan fingerprint density at radius 2 is 1.60 bits per heavy atom. The largest absolute Gasteiger partial charge is 0.357 e. The van der Waals surface area contributed by atoms with Crippen LogP contribution in [0.1, 0.15) is 40.3 Å². The van der Waals surface area contributed by atoms with E-state index in [4.69, 9.17) is 0 Å². The first-order valence-corrected chi connectivity index (χ1v) is 11.9. The van der Waals surface area contributed by atoms with Gasteiger partial charge in [0.2, 0.25) is 0 Å². The Bertz CT molecular complexity index is 978. The average Bonchev–Trinajstić information content (AvgIpc) is 2.60. The van der Waals surface area contributed by atoms with Gasteiger partial charge in [0.15, 0.2) is 15.8 Å². The lowest BCUT2D eigenvalue weighted by Gasteiger charge is -2.14. The SMILES string of the molecule is CCNC(=NCc1ccc(S(C)(=O)=O)c(C)c1)NCCc1c(C)cc(C)cc1C.I. The summed E-state index contributed by atoms with van der Waals surface area (Å²) in [6.45, 7) is 12.4. The van der Waals surface area contributed by atoms with Gasteiger partial charge in [-0.2, -0.15) is 0 Å². The van der Waals surface area contributed by atoms with Crippen molar-refractivity contribution in [3.05, 3.63) is 63.7 Å². The molecule has 166 valence electrons. The first-order chi connectivity index (χ1) is 13.6. The fourth-order valence-electron chi connectivity index (χ4n) is 3.65. The molecule has 2 rings (SSSR count). The van der Waals surface area contributed by atoms with Crippen LogP contribution in [0, 0.1) is 27.7 Å². The third-order valence-corrected chi connectivity index (χ3v) is 6.17. The predicted octanol–water partition coefficient (Wildman–Crippen LogP) is 4.24. The summed E-state index contributed by atoms with van der Waals surface area (Å²) in [6, 6.07) is 9.84. The third kappa shape index (κ3) is 7.58. The van der Waals surface area contributed by atoms with E-state index in [0.717, 1.165) is 36.6 Å². The quantitative estimate of drug-likeness (QED) is 0.312. The lowest BCUT2D eigenvalue weighted by Crippen LogP contribution is -2.38. The van der Waals surface area contributed by atoms with E-state index in [9.17, 15) is 8.42 Å². The summed E-state index contributed by atoms with van der Waals surface area (Å²) in [5.41, 5.74) is 7.07. The molecule has 0 spiro atoms. The highest BCUT2D eigenvalue weighted by molar-refractivity contribution is 14.0. The van der Waals surface area contributed by atoms with Crippen molar-refractivity contribution < 1.29 is 8.42 Å². The monoisotopic (exact) mass is 543 g/mol. The fourth-order valence-corrected chi connectivity index (χ4v) is 4.61. The molecule has 5 nitrogen and oxygen atoms in total. The number of nitrogens with one attached hydrogen (secondary N) is 2. The maximum atomic E-state index is 11.8. The van der Waals surface area contributed by atoms with E-state index in [0.29, 0.717) is 11.4 Å². The van der Waals surface area contributed by atoms with Crippen molar-refractivity contribution in [3.8, 4) is 0 Å². The van der Waals surface area contributed by atoms with Crippen LogP contribution in [0.25, 0.3) is 0 Å². The zero-order valence-electron chi connectivity index (χ0n) is 18.8. The van der Waals surface area contributed by atoms with Crippen molar-refractivity contribution in [2.24, 2.45) is 4.99 Å². The second-order valence-corrected chi connectivity index (χ2v) is 9.61. The van der Waals surface area contributed by atoms with Gasteiger partial charge in [-0.1, -0.05) is 29.8 Å². The number of aliphatic imine (C=N–C) groups is 1. The van der Waals surface area contributed by atoms with Crippen LogP contribution in [-0.2, 0) is 22.8 Å². The van der Waals surface area contributed by atoms with Gasteiger partial charge in [-0.3, -0.25) is 0 Å². The summed E-state index contributed by atoms with van der Waals surface area (Å²) < 4.78 is 23.5. The fraction of sp³-hybridized carbons (Fsp3) is 0.435. The van der Waals surface area contributed by atoms with Crippen LogP contribution in [-0.4, -0.2) is 33.7 Å². The molecular formula is C23H34IN3O2S. The summed E-state index contributed by atoms with van der Waals surface area (Å²) in [6.07, 6.45) is 2.17. The topological polar surface area (TPSA) is 70.6 Å². The second kappa shape index (κ2) is 11.7. The summed E-state index contributed by atoms with van der Waals surface area (Å²) >= 11 is 0. The van der Waals surface area contributed by atoms with E-state index in [1.807, 2.05) is 26.0 Å². The standard InChI is InChI=1S/C23H33N3O2S.HI/c1-7-24-23(25-11-10-21-17(3)12-16(2)13-18(21)4)26-15-20-8-9-22(19(5)14-20)29(6,27)28;/h8-9,12-14H,7,10-11,15H2,1-6H3,(H2,24,25,26);1H. The molecule has 0 aliphatic heterocycles. The van der Waals surface area contributed by atoms with E-state index in [2.05, 4.69) is 48.5 Å². The van der Waals surface area contributed by atoms with Gasteiger partial charge in [0.1, 0.15) is 0 Å². The Morgan fingerprint density at radius 1 is 0.967 bits per heavy atom. The summed E-state index contributed by atoms with van der Waals surface area (Å²) in [5, 5.41) is 6.67. The number of halogens is 1. The maximum Gasteiger partial charge on any atom is 0.191 e. The molecule has 0 saturated heterocycles. The smallest absolute Gasteiger partial charge is 0.191 e. The Hall–Kier alpha value is -1.61. The van der Waals surface area contributed by atoms with Gasteiger partial charge in [-0.05, 0) is 74.9 Å². The highest BCUT2D eigenvalue weighted by Gasteiger charge is 2.11. The Labute approximate surface area is 198 Å². The molecule has 0 bridgehead atoms. The van der Waals surface area contributed by atoms with Crippen LogP contribution in [0.5, 0.6) is 0 Å². The highest BCUT2D eigenvalue weighted by Crippen LogP contribution is 2.18. The van der Waals surface area contributed by atoms with Gasteiger partial charge >= 0.3 is 0 Å². The van der Waals surface area contributed by atoms with Gasteiger partial charge in [-0.25, -0.2) is 13.4 Å². The highest BCUT2D eigenvalue weighted by atomic mass is 127. The number of guanidine groups is 1. The van der Waals surface area contributed by atoms with Crippen molar-refractivity contribution in [2.75, 3.05) is 19.3 Å². The molecule has 0 unspecified atom stereocenters. The molecule has 0 atom stereocenters. The summed E-state index contributed by atoms with van der Waals surface area (Å²) in [5.74, 6) is 0.764. The molecule has 0 amide bonds. The molecule has 0 radical (unpaired) electrons. The van der Waals surface area contributed by atoms with Crippen LogP contribution in [0.4, 0.5) is 0 Å². The average molecular weight is 544 g/mol. The van der Waals surface area contributed by atoms with Crippen molar-refractivity contribution in [3.63, 3.8) is 0 Å². The normalized spacial score (nSPS) is 11.7. The number of hydrogen-bond donors (Lipinski definition) is 2. The third-order valence-electron chi connectivity index (χ3n) is 4.91. The van der Waals surface area contributed by atoms with Gasteiger partial charge < -0.3 is 10.6 Å². The Kier molecular flexibility index (Phi) is 10.3. The molecule has 0 aromatic heterocycles. The van der Waals surface area contributed by atoms with Crippen LogP contribution in [0.2, 0.25) is 0 Å². The molecular weight excluding hydrogens is 509 g/mol. The number of sulfone groups is 1. The molecule has 2 aromatic rings. The van der Waals surface area contributed by atoms with Gasteiger partial charge in [0.25, 0.3) is 0 Å². The van der Waals surface area contributed by atoms with E-state index < -0.39 is 9.84 Å². The van der Waals surface area contributed by atoms with Crippen molar-refractivity contribution in [1.29, 1.82) is 0 Å². The van der Waals surface area contributed by atoms with Crippen LogP contribution in [0.15, 0.2) is 40.2 Å². The number of rotatable bonds is 7. The molecule has 2 N–H and O–H groups in total. The van der Waals surface area contributed by atoms with Gasteiger partial charge in [0, 0.05) is 19.3 Å². The molecule has 0 fully saturated rings. The number of hydrogen-bond acceptors (Lipinski definition) is 3. The zero-order valence-corrected chi connectivity index (χ0v) is 21.9. The van der Waals surface area contributed by atoms with Crippen molar-refractivity contribution in [2.45, 2.75) is 52.5 Å². The van der Waals surface area contributed by atoms with E-state index >= 15 is 0 Å². The predicted molar refractivity (Wildman–Crippen MR) is 137 cm³/mol. The number of nitrogens with zero attached hydrogens (tertiary/aromatic N) is 1. The lowest BCUT2D eigenvalue weighted by molar-refractivity contribution is 0.601. The van der Waals surface area contributed by atoms with Crippen molar-refractivity contribution >= 4 is 39.8 Å². The van der Waals surface area contributed by atoms with Gasteiger partial charge in [-0.15, -0.1) is 24.0 Å². The van der Waals surface area contributed by atoms with Crippen LogP contribution in [0.3, 0.4) is 0 Å². The number of benzene rings is 2. The van der Waals surface area contributed by atoms with E-state index in [1.54, 1.807) is 6.07 Å². The minimum atomic E-state index is -3.20. The first-order valence-electron chi connectivity index (χ1n) is 10.00. The lowest BCUT2D eigenvalue weighted by atomic mass is 9.97. The van der Waals surface area contributed by atoms with Crippen LogP contribution < -0.4 is 10.6 Å². The molecule has 0 aliphatic rings. The first kappa shape index (κ1) is 26.4. The molecule has 2 aromatic carbocycles. The molecule has 0 aliphatic carbocycles. The Balaban J connectivity index is 0.00000450. The van der Waals surface area contributed by atoms with Crippen LogP contribution >= 0.6 is 24.0 Å². The van der Waals surface area contributed by atoms with E-state index in [1.165, 1.54) is 28.5 Å². The second-order valence-electron chi connectivity index (χ2n) is 7.62. The molecule has 0 heterocycles. The minimum Gasteiger partial charge on any atom is -0.357 e. The maximum absolute atomic E-state index is 11.8. The van der Waals surface area contributed by atoms with Crippen molar-refractivity contribution in [1.82, 2.24) is 10.6 Å². The zero-order chi connectivity index (χ0) is 21.6. The molecule has 30 heavy (non-hydrogen) atoms. The molecule has 7 heteroatoms. The summed E-state index contributed by atoms with van der Waals surface area (Å²) in [4.78, 5) is 5.03. The van der Waals surface area contributed by atoms with Gasteiger partial charge in [0.05, 0.1) is 11.4 Å². The Morgan fingerprint density at radius 3 is 2.13 bits per heavy atom. The molecule has 0 saturated carbocycles. The van der Waals surface area contributed by atoms with E-state index in [-0.39, 0.29) is 24.0 Å². The summed E-state index contributed by atoms with van der Waals surface area (Å²) in [7, 11) is -3.20. The number of aryl methyl sites for hydroxylation is 4.